The Morgan fingerprint density at radius 1 is 1.47 bits per heavy atom. The molecule has 0 aromatic carbocycles. The molecule has 19 heavy (non-hydrogen) atoms. The van der Waals surface area contributed by atoms with Gasteiger partial charge in [-0.25, -0.2) is 9.78 Å². The topological polar surface area (TPSA) is 68.3 Å². The summed E-state index contributed by atoms with van der Waals surface area (Å²) in [6, 6.07) is 3.13. The highest BCUT2D eigenvalue weighted by Gasteiger charge is 2.27. The van der Waals surface area contributed by atoms with Crippen LogP contribution in [0.3, 0.4) is 0 Å². The maximum absolute atomic E-state index is 12.9. The first-order valence-corrected chi connectivity index (χ1v) is 6.00. The summed E-state index contributed by atoms with van der Waals surface area (Å²) in [5.41, 5.74) is -0.0720. The molecule has 1 N–H and O–H groups in total. The van der Waals surface area contributed by atoms with Gasteiger partial charge in [0.15, 0.2) is 0 Å². The molecule has 0 bridgehead atoms. The van der Waals surface area contributed by atoms with Gasteiger partial charge in [0.25, 0.3) is 5.91 Å². The number of hydrogen-bond acceptors (Lipinski definition) is 4. The van der Waals surface area contributed by atoms with Crippen LogP contribution in [0.2, 0.25) is 0 Å². The van der Waals surface area contributed by atoms with E-state index in [1.54, 1.807) is 0 Å². The van der Waals surface area contributed by atoms with Gasteiger partial charge in [0, 0.05) is 0 Å². The lowest BCUT2D eigenvalue weighted by Gasteiger charge is -2.21. The van der Waals surface area contributed by atoms with Crippen molar-refractivity contribution in [1.29, 1.82) is 0 Å². The van der Waals surface area contributed by atoms with Crippen molar-refractivity contribution in [1.82, 2.24) is 10.3 Å². The van der Waals surface area contributed by atoms with E-state index in [1.165, 1.54) is 19.2 Å². The number of carbonyl (C=O) groups excluding carboxylic acids is 2. The van der Waals surface area contributed by atoms with Crippen LogP contribution in [0, 0.1) is 11.9 Å². The normalized spacial score (nSPS) is 13.5. The predicted molar refractivity (Wildman–Crippen MR) is 66.9 cm³/mol. The van der Waals surface area contributed by atoms with E-state index >= 15 is 0 Å². The highest BCUT2D eigenvalue weighted by Crippen LogP contribution is 2.10. The number of pyridine rings is 1. The Hall–Kier alpha value is -1.98. The molecule has 2 unspecified atom stereocenters. The van der Waals surface area contributed by atoms with Crippen LogP contribution in [-0.4, -0.2) is 30.0 Å². The van der Waals surface area contributed by atoms with E-state index in [0.717, 1.165) is 6.07 Å². The maximum Gasteiger partial charge on any atom is 0.328 e. The molecular weight excluding hydrogens is 251 g/mol. The van der Waals surface area contributed by atoms with E-state index in [-0.39, 0.29) is 11.6 Å². The average molecular weight is 268 g/mol. The molecule has 2 atom stereocenters. The van der Waals surface area contributed by atoms with Crippen molar-refractivity contribution < 1.29 is 18.7 Å². The summed E-state index contributed by atoms with van der Waals surface area (Å²) in [6.45, 7) is 3.72. The maximum atomic E-state index is 12.9. The summed E-state index contributed by atoms with van der Waals surface area (Å²) in [5.74, 6) is -1.97. The first-order chi connectivity index (χ1) is 8.99. The molecule has 0 spiro atoms. The number of amides is 1. The first kappa shape index (κ1) is 15.1. The zero-order valence-electron chi connectivity index (χ0n) is 11.1. The molecule has 104 valence electrons. The summed E-state index contributed by atoms with van der Waals surface area (Å²) in [5, 5.41) is 2.52. The van der Waals surface area contributed by atoms with E-state index in [2.05, 4.69) is 15.0 Å². The minimum absolute atomic E-state index is 0.0720. The van der Waals surface area contributed by atoms with E-state index in [0.29, 0.717) is 6.42 Å². The van der Waals surface area contributed by atoms with Crippen molar-refractivity contribution in [2.45, 2.75) is 26.3 Å². The van der Waals surface area contributed by atoms with Crippen LogP contribution >= 0.6 is 0 Å². The van der Waals surface area contributed by atoms with Crippen LogP contribution < -0.4 is 5.32 Å². The monoisotopic (exact) mass is 268 g/mol. The molecule has 1 aromatic heterocycles. The predicted octanol–water partition coefficient (Wildman–Crippen LogP) is 1.54. The van der Waals surface area contributed by atoms with Gasteiger partial charge >= 0.3 is 5.97 Å². The van der Waals surface area contributed by atoms with Gasteiger partial charge in [-0.1, -0.05) is 26.3 Å². The smallest absolute Gasteiger partial charge is 0.328 e. The number of ether oxygens (including phenoxy) is 1. The van der Waals surface area contributed by atoms with Gasteiger partial charge in [0.1, 0.15) is 11.7 Å². The fourth-order valence-electron chi connectivity index (χ4n) is 1.55. The second-order valence-corrected chi connectivity index (χ2v) is 4.21. The molecule has 0 aliphatic carbocycles. The molecule has 0 fully saturated rings. The Balaban J connectivity index is 2.84. The van der Waals surface area contributed by atoms with Crippen molar-refractivity contribution in [2.75, 3.05) is 7.11 Å². The number of nitrogens with one attached hydrogen (secondary N) is 1. The van der Waals surface area contributed by atoms with Gasteiger partial charge in [-0.2, -0.15) is 4.39 Å². The Morgan fingerprint density at radius 3 is 2.68 bits per heavy atom. The molecule has 1 heterocycles. The third-order valence-corrected chi connectivity index (χ3v) is 2.90. The zero-order chi connectivity index (χ0) is 14.4. The molecule has 0 aliphatic rings. The van der Waals surface area contributed by atoms with Crippen molar-refractivity contribution in [3.8, 4) is 0 Å². The molecular formula is C13H17FN2O3. The van der Waals surface area contributed by atoms with Crippen molar-refractivity contribution in [3.05, 3.63) is 29.8 Å². The lowest BCUT2D eigenvalue weighted by atomic mass is 9.99. The van der Waals surface area contributed by atoms with Crippen LogP contribution in [0.25, 0.3) is 0 Å². The lowest BCUT2D eigenvalue weighted by Crippen LogP contribution is -2.45. The van der Waals surface area contributed by atoms with E-state index < -0.39 is 23.9 Å². The highest BCUT2D eigenvalue weighted by atomic mass is 19.1. The van der Waals surface area contributed by atoms with Crippen molar-refractivity contribution in [2.24, 2.45) is 5.92 Å². The molecule has 1 aromatic rings. The Labute approximate surface area is 111 Å². The lowest BCUT2D eigenvalue weighted by molar-refractivity contribution is -0.144. The Kier molecular flexibility index (Phi) is 5.41. The molecule has 0 saturated heterocycles. The largest absolute Gasteiger partial charge is 0.467 e. The number of hydrogen-bond donors (Lipinski definition) is 1. The number of nitrogens with zero attached hydrogens (tertiary/aromatic N) is 1. The van der Waals surface area contributed by atoms with Crippen LogP contribution in [0.5, 0.6) is 0 Å². The Morgan fingerprint density at radius 2 is 2.16 bits per heavy atom. The fourth-order valence-corrected chi connectivity index (χ4v) is 1.55. The molecule has 1 rings (SSSR count). The van der Waals surface area contributed by atoms with Gasteiger partial charge in [0.2, 0.25) is 5.95 Å². The van der Waals surface area contributed by atoms with E-state index in [4.69, 9.17) is 0 Å². The van der Waals surface area contributed by atoms with E-state index in [1.807, 2.05) is 13.8 Å². The standard InChI is InChI=1S/C13H17FN2O3/c1-4-8(2)11(13(18)19-3)16-12(17)9-6-5-7-10(14)15-9/h5-8,11H,4H2,1-3H3,(H,16,17). The van der Waals surface area contributed by atoms with Crippen molar-refractivity contribution in [3.63, 3.8) is 0 Å². The number of aromatic nitrogens is 1. The van der Waals surface area contributed by atoms with Crippen LogP contribution in [0.1, 0.15) is 30.8 Å². The summed E-state index contributed by atoms with van der Waals surface area (Å²) < 4.78 is 17.6. The Bertz CT molecular complexity index is 465. The third kappa shape index (κ3) is 4.01. The number of rotatable bonds is 5. The summed E-state index contributed by atoms with van der Waals surface area (Å²) in [7, 11) is 1.25. The van der Waals surface area contributed by atoms with Crippen molar-refractivity contribution >= 4 is 11.9 Å². The van der Waals surface area contributed by atoms with E-state index in [9.17, 15) is 14.0 Å². The quantitative estimate of drug-likeness (QED) is 0.649. The van der Waals surface area contributed by atoms with Gasteiger partial charge in [-0.15, -0.1) is 0 Å². The van der Waals surface area contributed by atoms with Gasteiger partial charge in [-0.3, -0.25) is 4.79 Å². The van der Waals surface area contributed by atoms with Crippen LogP contribution in [-0.2, 0) is 9.53 Å². The second-order valence-electron chi connectivity index (χ2n) is 4.21. The third-order valence-electron chi connectivity index (χ3n) is 2.90. The summed E-state index contributed by atoms with van der Waals surface area (Å²) in [6.07, 6.45) is 0.691. The molecule has 0 aliphatic heterocycles. The summed E-state index contributed by atoms with van der Waals surface area (Å²) in [4.78, 5) is 27.0. The average Bonchev–Trinajstić information content (AvgIpc) is 2.42. The van der Waals surface area contributed by atoms with Gasteiger partial charge in [-0.05, 0) is 18.1 Å². The molecule has 1 amide bonds. The zero-order valence-corrected chi connectivity index (χ0v) is 11.1. The number of halogens is 1. The molecule has 6 heteroatoms. The first-order valence-electron chi connectivity index (χ1n) is 6.00. The molecule has 0 saturated carbocycles. The molecule has 5 nitrogen and oxygen atoms in total. The highest BCUT2D eigenvalue weighted by molar-refractivity contribution is 5.95. The summed E-state index contributed by atoms with van der Waals surface area (Å²) >= 11 is 0. The number of methoxy groups -OCH3 is 1. The second kappa shape index (κ2) is 6.82. The number of esters is 1. The van der Waals surface area contributed by atoms with Crippen LogP contribution in [0.15, 0.2) is 18.2 Å². The minimum Gasteiger partial charge on any atom is -0.467 e. The minimum atomic E-state index is -0.771. The molecule has 0 radical (unpaired) electrons. The van der Waals surface area contributed by atoms with Crippen LogP contribution in [0.4, 0.5) is 4.39 Å². The fraction of sp³-hybridized carbons (Fsp3) is 0.462. The SMILES string of the molecule is CCC(C)C(NC(=O)c1cccc(F)n1)C(=O)OC. The van der Waals surface area contributed by atoms with Gasteiger partial charge < -0.3 is 10.1 Å². The number of carbonyl (C=O) groups is 2. The van der Waals surface area contributed by atoms with Gasteiger partial charge in [0.05, 0.1) is 7.11 Å².